The van der Waals surface area contributed by atoms with E-state index in [1.807, 2.05) is 0 Å². The number of aliphatic carboxylic acids is 1. The van der Waals surface area contributed by atoms with Crippen molar-refractivity contribution in [3.05, 3.63) is 12.7 Å². The van der Waals surface area contributed by atoms with Crippen LogP contribution in [-0.2, 0) is 4.79 Å². The highest BCUT2D eigenvalue weighted by Crippen LogP contribution is 2.13. The summed E-state index contributed by atoms with van der Waals surface area (Å²) < 4.78 is 0. The SMILES string of the molecule is C=CC(O)(O)CCCCC(NC)C(=O)O. The molecule has 15 heavy (non-hydrogen) atoms. The van der Waals surface area contributed by atoms with Gasteiger partial charge < -0.3 is 20.6 Å². The molecular weight excluding hydrogens is 198 g/mol. The zero-order valence-electron chi connectivity index (χ0n) is 8.94. The molecule has 0 aromatic carbocycles. The van der Waals surface area contributed by atoms with Crippen molar-refractivity contribution in [1.29, 1.82) is 0 Å². The fourth-order valence-electron chi connectivity index (χ4n) is 1.23. The molecule has 1 unspecified atom stereocenters. The quantitative estimate of drug-likeness (QED) is 0.263. The highest BCUT2D eigenvalue weighted by Gasteiger charge is 2.18. The van der Waals surface area contributed by atoms with E-state index in [9.17, 15) is 4.79 Å². The van der Waals surface area contributed by atoms with Crippen LogP contribution in [0.3, 0.4) is 0 Å². The number of nitrogens with one attached hydrogen (secondary N) is 1. The van der Waals surface area contributed by atoms with Crippen molar-refractivity contribution in [3.8, 4) is 0 Å². The molecule has 0 aromatic rings. The summed E-state index contributed by atoms with van der Waals surface area (Å²) in [6, 6.07) is -0.569. The second kappa shape index (κ2) is 6.55. The summed E-state index contributed by atoms with van der Waals surface area (Å²) in [7, 11) is 1.59. The first-order valence-electron chi connectivity index (χ1n) is 4.91. The molecule has 1 atom stereocenters. The van der Waals surface area contributed by atoms with Crippen LogP contribution in [0.4, 0.5) is 0 Å². The van der Waals surface area contributed by atoms with Crippen molar-refractivity contribution in [3.63, 3.8) is 0 Å². The van der Waals surface area contributed by atoms with Gasteiger partial charge in [-0.15, -0.1) is 0 Å². The van der Waals surface area contributed by atoms with Crippen molar-refractivity contribution in [2.24, 2.45) is 0 Å². The molecule has 0 bridgehead atoms. The lowest BCUT2D eigenvalue weighted by Gasteiger charge is -2.17. The number of rotatable bonds is 8. The number of carboxylic acid groups (broad SMARTS) is 1. The summed E-state index contributed by atoms with van der Waals surface area (Å²) in [6.07, 6.45) is 2.88. The molecule has 0 aliphatic carbocycles. The number of unbranched alkanes of at least 4 members (excludes halogenated alkanes) is 1. The van der Waals surface area contributed by atoms with Gasteiger partial charge >= 0.3 is 5.97 Å². The highest BCUT2D eigenvalue weighted by molar-refractivity contribution is 5.73. The normalized spacial score (nSPS) is 13.5. The second-order valence-electron chi connectivity index (χ2n) is 3.51. The Bertz CT molecular complexity index is 215. The molecule has 4 N–H and O–H groups in total. The van der Waals surface area contributed by atoms with E-state index in [0.29, 0.717) is 19.3 Å². The van der Waals surface area contributed by atoms with Crippen LogP contribution in [0.25, 0.3) is 0 Å². The molecule has 88 valence electrons. The van der Waals surface area contributed by atoms with Crippen LogP contribution in [0.15, 0.2) is 12.7 Å². The average Bonchev–Trinajstić information content (AvgIpc) is 2.17. The Balaban J connectivity index is 3.70. The maximum atomic E-state index is 10.6. The molecule has 5 nitrogen and oxygen atoms in total. The largest absolute Gasteiger partial charge is 0.480 e. The fourth-order valence-corrected chi connectivity index (χ4v) is 1.23. The Labute approximate surface area is 89.4 Å². The number of hydrogen-bond acceptors (Lipinski definition) is 4. The highest BCUT2D eigenvalue weighted by atomic mass is 16.5. The summed E-state index contributed by atoms with van der Waals surface area (Å²) in [5.74, 6) is -2.72. The lowest BCUT2D eigenvalue weighted by Crippen LogP contribution is -2.33. The maximum absolute atomic E-state index is 10.6. The van der Waals surface area contributed by atoms with Crippen LogP contribution in [0.5, 0.6) is 0 Å². The van der Waals surface area contributed by atoms with E-state index in [4.69, 9.17) is 15.3 Å². The van der Waals surface area contributed by atoms with Crippen LogP contribution in [0, 0.1) is 0 Å². The summed E-state index contributed by atoms with van der Waals surface area (Å²) in [5, 5.41) is 29.7. The van der Waals surface area contributed by atoms with Gasteiger partial charge in [0.2, 0.25) is 0 Å². The van der Waals surface area contributed by atoms with Gasteiger partial charge in [0.15, 0.2) is 5.79 Å². The van der Waals surface area contributed by atoms with Crippen molar-refractivity contribution >= 4 is 5.97 Å². The number of aliphatic hydroxyl groups is 2. The molecule has 0 saturated heterocycles. The number of hydrogen-bond donors (Lipinski definition) is 4. The third-order valence-corrected chi connectivity index (χ3v) is 2.26. The van der Waals surface area contributed by atoms with E-state index >= 15 is 0 Å². The summed E-state index contributed by atoms with van der Waals surface area (Å²) in [4.78, 5) is 10.6. The van der Waals surface area contributed by atoms with Gasteiger partial charge in [-0.3, -0.25) is 4.79 Å². The third-order valence-electron chi connectivity index (χ3n) is 2.26. The first-order valence-corrected chi connectivity index (χ1v) is 4.91. The fraction of sp³-hybridized carbons (Fsp3) is 0.700. The van der Waals surface area contributed by atoms with E-state index in [0.717, 1.165) is 6.08 Å². The summed E-state index contributed by atoms with van der Waals surface area (Å²) >= 11 is 0. The van der Waals surface area contributed by atoms with E-state index in [-0.39, 0.29) is 6.42 Å². The molecular formula is C10H19NO4. The zero-order chi connectivity index (χ0) is 11.9. The molecule has 0 radical (unpaired) electrons. The van der Waals surface area contributed by atoms with Crippen molar-refractivity contribution in [2.75, 3.05) is 7.05 Å². The Kier molecular flexibility index (Phi) is 6.15. The minimum atomic E-state index is -1.83. The smallest absolute Gasteiger partial charge is 0.320 e. The van der Waals surface area contributed by atoms with Gasteiger partial charge in [-0.2, -0.15) is 0 Å². The number of carbonyl (C=O) groups is 1. The first-order chi connectivity index (χ1) is 6.93. The van der Waals surface area contributed by atoms with Gasteiger partial charge in [0.25, 0.3) is 0 Å². The van der Waals surface area contributed by atoms with Crippen molar-refractivity contribution < 1.29 is 20.1 Å². The molecule has 0 saturated carbocycles. The molecule has 5 heteroatoms. The first kappa shape index (κ1) is 14.1. The Hall–Kier alpha value is -0.910. The third kappa shape index (κ3) is 6.22. The molecule has 0 fully saturated rings. The van der Waals surface area contributed by atoms with Crippen LogP contribution < -0.4 is 5.32 Å². The predicted molar refractivity (Wildman–Crippen MR) is 56.3 cm³/mol. The monoisotopic (exact) mass is 217 g/mol. The maximum Gasteiger partial charge on any atom is 0.320 e. The van der Waals surface area contributed by atoms with Gasteiger partial charge in [-0.25, -0.2) is 0 Å². The molecule has 0 amide bonds. The van der Waals surface area contributed by atoms with Gasteiger partial charge in [-0.05, 0) is 26.0 Å². The van der Waals surface area contributed by atoms with Crippen molar-refractivity contribution in [2.45, 2.75) is 37.5 Å². The summed E-state index contributed by atoms with van der Waals surface area (Å²) in [6.45, 7) is 3.28. The van der Waals surface area contributed by atoms with Gasteiger partial charge in [0.1, 0.15) is 6.04 Å². The van der Waals surface area contributed by atoms with E-state index in [1.54, 1.807) is 7.05 Å². The van der Waals surface area contributed by atoms with Crippen LogP contribution in [0.2, 0.25) is 0 Å². The van der Waals surface area contributed by atoms with E-state index in [1.165, 1.54) is 0 Å². The van der Waals surface area contributed by atoms with E-state index in [2.05, 4.69) is 11.9 Å². The van der Waals surface area contributed by atoms with Crippen LogP contribution in [0.1, 0.15) is 25.7 Å². The second-order valence-corrected chi connectivity index (χ2v) is 3.51. The lowest BCUT2D eigenvalue weighted by atomic mass is 10.0. The Morgan fingerprint density at radius 3 is 2.53 bits per heavy atom. The Morgan fingerprint density at radius 2 is 2.13 bits per heavy atom. The van der Waals surface area contributed by atoms with Crippen LogP contribution in [-0.4, -0.2) is 40.2 Å². The van der Waals surface area contributed by atoms with Gasteiger partial charge in [0, 0.05) is 6.42 Å². The summed E-state index contributed by atoms with van der Waals surface area (Å²) in [5.41, 5.74) is 0. The number of likely N-dealkylation sites (N-methyl/N-ethyl adjacent to an activating group) is 1. The minimum Gasteiger partial charge on any atom is -0.480 e. The predicted octanol–water partition coefficient (Wildman–Crippen LogP) is 0.0863. The topological polar surface area (TPSA) is 89.8 Å². The van der Waals surface area contributed by atoms with Gasteiger partial charge in [-0.1, -0.05) is 13.0 Å². The van der Waals surface area contributed by atoms with Crippen molar-refractivity contribution in [1.82, 2.24) is 5.32 Å². The van der Waals surface area contributed by atoms with Crippen LogP contribution >= 0.6 is 0 Å². The molecule has 0 heterocycles. The zero-order valence-corrected chi connectivity index (χ0v) is 8.94. The molecule has 0 spiro atoms. The molecule has 0 rings (SSSR count). The van der Waals surface area contributed by atoms with E-state index < -0.39 is 17.8 Å². The van der Waals surface area contributed by atoms with Gasteiger partial charge in [0.05, 0.1) is 0 Å². The average molecular weight is 217 g/mol. The number of carboxylic acids is 1. The molecule has 0 aliphatic heterocycles. The molecule has 0 aliphatic rings. The lowest BCUT2D eigenvalue weighted by molar-refractivity contribution is -0.139. The Morgan fingerprint density at radius 1 is 1.53 bits per heavy atom. The standard InChI is InChI=1S/C10H19NO4/c1-3-10(14,15)7-5-4-6-8(11-2)9(12)13/h3,8,11,14-15H,1,4-7H2,2H3,(H,12,13). The molecule has 0 aromatic heterocycles. The minimum absolute atomic E-state index is 0.173.